The van der Waals surface area contributed by atoms with Crippen LogP contribution >= 0.6 is 0 Å². The van der Waals surface area contributed by atoms with E-state index in [-0.39, 0.29) is 5.91 Å². The number of benzene rings is 1. The molecule has 192 valence electrons. The van der Waals surface area contributed by atoms with Crippen molar-refractivity contribution in [3.63, 3.8) is 0 Å². The molecule has 0 aliphatic heterocycles. The molecule has 0 heterocycles. The third-order valence-corrected chi connectivity index (χ3v) is 4.85. The van der Waals surface area contributed by atoms with Gasteiger partial charge in [0.2, 0.25) is 12.3 Å². The van der Waals surface area contributed by atoms with Crippen LogP contribution in [-0.4, -0.2) is 68.0 Å². The lowest BCUT2D eigenvalue weighted by Crippen LogP contribution is -2.44. The normalized spacial score (nSPS) is 11.7. The smallest absolute Gasteiger partial charge is 0.407 e. The van der Waals surface area contributed by atoms with Crippen LogP contribution in [-0.2, 0) is 25.6 Å². The summed E-state index contributed by atoms with van der Waals surface area (Å²) < 4.78 is 10.6. The monoisotopic (exact) mass is 487 g/mol. The Morgan fingerprint density at radius 2 is 1.94 bits per heavy atom. The summed E-state index contributed by atoms with van der Waals surface area (Å²) in [6.07, 6.45) is 2.46. The molecule has 0 aromatic heterocycles. The minimum absolute atomic E-state index is 0.322. The first-order valence-electron chi connectivity index (χ1n) is 11.7. The van der Waals surface area contributed by atoms with E-state index < -0.39 is 17.7 Å². The largest absolute Gasteiger partial charge is 0.444 e. The number of amides is 3. The highest BCUT2D eigenvalue weighted by Gasteiger charge is 2.23. The second-order valence-electron chi connectivity index (χ2n) is 8.93. The number of nitrogens with one attached hydrogen (secondary N) is 2. The molecule has 9 heteroatoms. The number of nitrogens with zero attached hydrogens (tertiary/aromatic N) is 1. The maximum Gasteiger partial charge on any atom is 0.407 e. The molecular formula is C26H37N3O6. The third kappa shape index (κ3) is 11.7. The molecule has 0 bridgehead atoms. The highest BCUT2D eigenvalue weighted by molar-refractivity contribution is 5.90. The van der Waals surface area contributed by atoms with E-state index >= 15 is 0 Å². The van der Waals surface area contributed by atoms with Crippen molar-refractivity contribution in [1.82, 2.24) is 15.5 Å². The highest BCUT2D eigenvalue weighted by atomic mass is 16.6. The minimum Gasteiger partial charge on any atom is -0.444 e. The van der Waals surface area contributed by atoms with Gasteiger partial charge in [-0.05, 0) is 45.9 Å². The van der Waals surface area contributed by atoms with E-state index in [9.17, 15) is 19.2 Å². The number of carbonyl (C=O) groups is 4. The summed E-state index contributed by atoms with van der Waals surface area (Å²) in [6, 6.07) is 4.80. The van der Waals surface area contributed by atoms with Gasteiger partial charge in [-0.2, -0.15) is 0 Å². The van der Waals surface area contributed by atoms with Crippen molar-refractivity contribution < 1.29 is 28.7 Å². The van der Waals surface area contributed by atoms with Gasteiger partial charge in [0, 0.05) is 30.6 Å². The molecule has 1 unspecified atom stereocenters. The number of alkyl carbamates (subject to hydrolysis) is 1. The summed E-state index contributed by atoms with van der Waals surface area (Å²) >= 11 is 0. The van der Waals surface area contributed by atoms with Crippen LogP contribution in [0, 0.1) is 11.8 Å². The molecule has 1 rings (SSSR count). The van der Waals surface area contributed by atoms with E-state index in [1.165, 1.54) is 0 Å². The lowest BCUT2D eigenvalue weighted by molar-refractivity contribution is -0.129. The number of aldehydes is 1. The van der Waals surface area contributed by atoms with Gasteiger partial charge in [-0.3, -0.25) is 24.6 Å². The van der Waals surface area contributed by atoms with Crippen LogP contribution < -0.4 is 10.6 Å². The van der Waals surface area contributed by atoms with Crippen molar-refractivity contribution >= 4 is 24.7 Å². The zero-order valence-corrected chi connectivity index (χ0v) is 21.3. The Kier molecular flexibility index (Phi) is 13.3. The van der Waals surface area contributed by atoms with E-state index in [1.54, 1.807) is 40.0 Å². The van der Waals surface area contributed by atoms with Gasteiger partial charge in [0.25, 0.3) is 0 Å². The SMILES string of the molecule is CCCC(C(=O)NC=O)N(C)Cc1c(C#CCCOCCNC(=O)OC(C)(C)C)cccc1C=O. The molecule has 1 atom stereocenters. The van der Waals surface area contributed by atoms with Gasteiger partial charge in [0.05, 0.1) is 19.3 Å². The molecule has 0 saturated heterocycles. The topological polar surface area (TPSA) is 114 Å². The summed E-state index contributed by atoms with van der Waals surface area (Å²) in [4.78, 5) is 48.1. The molecule has 0 fully saturated rings. The first-order chi connectivity index (χ1) is 16.6. The van der Waals surface area contributed by atoms with Gasteiger partial charge in [-0.25, -0.2) is 4.79 Å². The van der Waals surface area contributed by atoms with Crippen molar-refractivity contribution in [3.05, 3.63) is 34.9 Å². The fourth-order valence-corrected chi connectivity index (χ4v) is 3.27. The zero-order chi connectivity index (χ0) is 26.3. The molecule has 0 spiro atoms. The van der Waals surface area contributed by atoms with Crippen LogP contribution in [0.15, 0.2) is 18.2 Å². The second kappa shape index (κ2) is 15.6. The number of imide groups is 1. The number of likely N-dealkylation sites (N-methyl/N-ethyl adjacent to an activating group) is 1. The summed E-state index contributed by atoms with van der Waals surface area (Å²) in [5.41, 5.74) is 1.37. The molecule has 1 aromatic rings. The van der Waals surface area contributed by atoms with Crippen LogP contribution in [0.1, 0.15) is 68.4 Å². The first-order valence-corrected chi connectivity index (χ1v) is 11.7. The molecule has 35 heavy (non-hydrogen) atoms. The molecule has 9 nitrogen and oxygen atoms in total. The average Bonchev–Trinajstić information content (AvgIpc) is 2.78. The van der Waals surface area contributed by atoms with Gasteiger partial charge < -0.3 is 14.8 Å². The Bertz CT molecular complexity index is 914. The number of hydrogen-bond donors (Lipinski definition) is 2. The fraction of sp³-hybridized carbons (Fsp3) is 0.538. The standard InChI is InChI=1S/C26H37N3O6/c1-6-10-23(24(32)28-19-31)29(5)17-22-20(12-9-13-21(22)18-30)11-7-8-15-34-16-14-27-25(33)35-26(2,3)4/h9,12-13,18-19,23H,6,8,10,14-17H2,1-5H3,(H,27,33)(H,28,31,32). The third-order valence-electron chi connectivity index (χ3n) is 4.85. The van der Waals surface area contributed by atoms with Gasteiger partial charge in [-0.15, -0.1) is 0 Å². The quantitative estimate of drug-likeness (QED) is 0.250. The van der Waals surface area contributed by atoms with Crippen molar-refractivity contribution in [2.45, 2.75) is 65.1 Å². The van der Waals surface area contributed by atoms with Crippen LogP contribution in [0.5, 0.6) is 0 Å². The second-order valence-corrected chi connectivity index (χ2v) is 8.93. The minimum atomic E-state index is -0.547. The van der Waals surface area contributed by atoms with E-state index in [2.05, 4.69) is 22.5 Å². The Morgan fingerprint density at radius 3 is 2.57 bits per heavy atom. The number of ether oxygens (including phenoxy) is 2. The molecule has 3 amide bonds. The summed E-state index contributed by atoms with van der Waals surface area (Å²) in [5, 5.41) is 4.84. The summed E-state index contributed by atoms with van der Waals surface area (Å²) in [6.45, 7) is 8.72. The molecular weight excluding hydrogens is 450 g/mol. The lowest BCUT2D eigenvalue weighted by Gasteiger charge is -2.27. The van der Waals surface area contributed by atoms with Gasteiger partial charge in [0.1, 0.15) is 11.9 Å². The maximum atomic E-state index is 12.3. The molecule has 0 saturated carbocycles. The predicted molar refractivity (Wildman–Crippen MR) is 133 cm³/mol. The van der Waals surface area contributed by atoms with Gasteiger partial charge >= 0.3 is 6.09 Å². The molecule has 0 aliphatic carbocycles. The van der Waals surface area contributed by atoms with Crippen LogP contribution in [0.25, 0.3) is 0 Å². The van der Waals surface area contributed by atoms with Crippen molar-refractivity contribution in [3.8, 4) is 11.8 Å². The van der Waals surface area contributed by atoms with E-state index in [0.29, 0.717) is 56.7 Å². The Morgan fingerprint density at radius 1 is 1.20 bits per heavy atom. The van der Waals surface area contributed by atoms with Crippen LogP contribution in [0.4, 0.5) is 4.79 Å². The first kappa shape index (κ1) is 29.8. The molecule has 1 aromatic carbocycles. The number of rotatable bonds is 13. The fourth-order valence-electron chi connectivity index (χ4n) is 3.27. The molecule has 0 aliphatic rings. The van der Waals surface area contributed by atoms with E-state index in [4.69, 9.17) is 9.47 Å². The van der Waals surface area contributed by atoms with Crippen molar-refractivity contribution in [1.29, 1.82) is 0 Å². The lowest BCUT2D eigenvalue weighted by atomic mass is 10.00. The summed E-state index contributed by atoms with van der Waals surface area (Å²) in [7, 11) is 1.78. The van der Waals surface area contributed by atoms with Gasteiger partial charge in [-0.1, -0.05) is 37.3 Å². The highest BCUT2D eigenvalue weighted by Crippen LogP contribution is 2.18. The summed E-state index contributed by atoms with van der Waals surface area (Å²) in [5.74, 6) is 5.76. The predicted octanol–water partition coefficient (Wildman–Crippen LogP) is 2.66. The van der Waals surface area contributed by atoms with E-state index in [0.717, 1.165) is 18.3 Å². The van der Waals surface area contributed by atoms with Crippen molar-refractivity contribution in [2.75, 3.05) is 26.8 Å². The maximum absolute atomic E-state index is 12.3. The average molecular weight is 488 g/mol. The van der Waals surface area contributed by atoms with Crippen LogP contribution in [0.2, 0.25) is 0 Å². The zero-order valence-electron chi connectivity index (χ0n) is 21.3. The Hall–Kier alpha value is -3.22. The Labute approximate surface area is 207 Å². The number of hydrogen-bond acceptors (Lipinski definition) is 7. The molecule has 0 radical (unpaired) electrons. The van der Waals surface area contributed by atoms with E-state index in [1.807, 2.05) is 17.9 Å². The Balaban J connectivity index is 2.70. The molecule has 2 N–H and O–H groups in total. The number of carbonyl (C=O) groups excluding carboxylic acids is 4. The van der Waals surface area contributed by atoms with Crippen molar-refractivity contribution in [2.24, 2.45) is 0 Å². The van der Waals surface area contributed by atoms with Gasteiger partial charge in [0.15, 0.2) is 0 Å². The van der Waals surface area contributed by atoms with Crippen LogP contribution in [0.3, 0.4) is 0 Å².